The van der Waals surface area contributed by atoms with E-state index in [1.54, 1.807) is 0 Å². The fourth-order valence-electron chi connectivity index (χ4n) is 10.00. The minimum Gasteiger partial charge on any atom is -0.481 e. The molecule has 0 spiro atoms. The first-order valence-electron chi connectivity index (χ1n) is 17.0. The number of aliphatic hydroxyl groups excluding tert-OH is 2. The molecule has 3 saturated heterocycles. The summed E-state index contributed by atoms with van der Waals surface area (Å²) in [6.45, 7) is 12.5. The number of nitrogens with one attached hydrogen (secondary N) is 4. The molecule has 8 bridgehead atoms. The number of hydrogen-bond donors (Lipinski definition) is 8. The molecule has 0 saturated carbocycles. The van der Waals surface area contributed by atoms with Crippen LogP contribution in [0.5, 0.6) is 0 Å². The highest BCUT2D eigenvalue weighted by Gasteiger charge is 2.49. The second-order valence-electron chi connectivity index (χ2n) is 14.8. The van der Waals surface area contributed by atoms with Gasteiger partial charge in [-0.05, 0) is 89.5 Å². The Morgan fingerprint density at radius 2 is 1.27 bits per heavy atom. The lowest BCUT2D eigenvalue weighted by Gasteiger charge is -2.29. The van der Waals surface area contributed by atoms with Gasteiger partial charge >= 0.3 is 11.9 Å². The van der Waals surface area contributed by atoms with Gasteiger partial charge in [0.1, 0.15) is 0 Å². The average Bonchev–Trinajstić information content (AvgIpc) is 3.59. The molecule has 10 nitrogen and oxygen atoms in total. The third-order valence-electron chi connectivity index (χ3n) is 12.3. The SMILES string of the molecule is CC1=C(CCC(=O)O)C2CC3NC(CC4NC(CC5NC(CC1N2)C(C(C)O)C5C)C(C(C)O)=C4C)C(C)C3CCC(=O)O. The second kappa shape index (κ2) is 13.5. The van der Waals surface area contributed by atoms with Gasteiger partial charge in [0.2, 0.25) is 0 Å². The number of hydrogen-bond acceptors (Lipinski definition) is 8. The van der Waals surface area contributed by atoms with Gasteiger partial charge in [0.25, 0.3) is 0 Å². The van der Waals surface area contributed by atoms with Gasteiger partial charge in [-0.25, -0.2) is 0 Å². The molecule has 0 aromatic rings. The van der Waals surface area contributed by atoms with E-state index >= 15 is 0 Å². The van der Waals surface area contributed by atoms with Crippen LogP contribution in [-0.4, -0.2) is 92.9 Å². The molecular weight excluding hydrogens is 560 g/mol. The fraction of sp³-hybridized carbons (Fsp3) is 0.824. The molecule has 14 atom stereocenters. The van der Waals surface area contributed by atoms with Gasteiger partial charge in [0.05, 0.1) is 12.2 Å². The normalized spacial score (nSPS) is 42.2. The van der Waals surface area contributed by atoms with E-state index in [9.17, 15) is 30.0 Å². The summed E-state index contributed by atoms with van der Waals surface area (Å²) in [4.78, 5) is 23.3. The van der Waals surface area contributed by atoms with Gasteiger partial charge in [-0.1, -0.05) is 30.6 Å². The van der Waals surface area contributed by atoms with E-state index < -0.39 is 24.1 Å². The maximum absolute atomic E-state index is 11.7. The second-order valence-corrected chi connectivity index (χ2v) is 14.8. The Labute approximate surface area is 262 Å². The quantitative estimate of drug-likeness (QED) is 0.190. The molecule has 0 aromatic carbocycles. The highest BCUT2D eigenvalue weighted by atomic mass is 16.4. The smallest absolute Gasteiger partial charge is 0.303 e. The third kappa shape index (κ3) is 6.67. The molecule has 248 valence electrons. The Morgan fingerprint density at radius 3 is 1.91 bits per heavy atom. The Balaban J connectivity index is 1.52. The highest BCUT2D eigenvalue weighted by Crippen LogP contribution is 2.42. The molecule has 8 N–H and O–H groups in total. The van der Waals surface area contributed by atoms with Crippen molar-refractivity contribution in [2.45, 2.75) is 153 Å². The van der Waals surface area contributed by atoms with Gasteiger partial charge in [0.15, 0.2) is 0 Å². The molecule has 44 heavy (non-hydrogen) atoms. The van der Waals surface area contributed by atoms with Crippen LogP contribution in [-0.2, 0) is 9.59 Å². The van der Waals surface area contributed by atoms with Gasteiger partial charge in [-0.2, -0.15) is 0 Å². The lowest BCUT2D eigenvalue weighted by atomic mass is 9.80. The first kappa shape index (κ1) is 33.5. The zero-order chi connectivity index (χ0) is 32.0. The molecule has 14 unspecified atom stereocenters. The van der Waals surface area contributed by atoms with E-state index in [-0.39, 0.29) is 84.8 Å². The van der Waals surface area contributed by atoms with Crippen LogP contribution < -0.4 is 21.3 Å². The first-order valence-corrected chi connectivity index (χ1v) is 17.0. The van der Waals surface area contributed by atoms with E-state index in [2.05, 4.69) is 49.0 Å². The molecule has 5 heterocycles. The van der Waals surface area contributed by atoms with E-state index in [1.165, 1.54) is 16.7 Å². The van der Waals surface area contributed by atoms with Gasteiger partial charge < -0.3 is 41.7 Å². The summed E-state index contributed by atoms with van der Waals surface area (Å²) < 4.78 is 0. The molecule has 0 aliphatic carbocycles. The summed E-state index contributed by atoms with van der Waals surface area (Å²) in [6, 6.07) is 0.774. The van der Waals surface area contributed by atoms with E-state index in [0.29, 0.717) is 12.8 Å². The van der Waals surface area contributed by atoms with Crippen LogP contribution >= 0.6 is 0 Å². The molecule has 5 rings (SSSR count). The number of rotatable bonds is 8. The van der Waals surface area contributed by atoms with E-state index in [4.69, 9.17) is 0 Å². The molecule has 5 aliphatic rings. The Hall–Kier alpha value is -1.82. The monoisotopic (exact) mass is 616 g/mol. The standard InChI is InChI=1S/C34H56N4O6/c1-15-21(7-9-31(41)42)27-14-28-22(8-10-32(43)44)16(2)24(36-28)12-29-34(20(6)40)18(4)26(38-29)13-30-33(19(5)39)17(3)25(37-30)11-23(15)35-27/h15,18-21,23-30,34-40H,7-14H2,1-6H3,(H,41,42)(H,43,44). The third-order valence-corrected chi connectivity index (χ3v) is 12.3. The summed E-state index contributed by atoms with van der Waals surface area (Å²) in [7, 11) is 0. The number of carboxylic acid groups (broad SMARTS) is 2. The molecule has 3 fully saturated rings. The van der Waals surface area contributed by atoms with E-state index in [1.807, 2.05) is 13.8 Å². The van der Waals surface area contributed by atoms with Crippen LogP contribution in [0.4, 0.5) is 0 Å². The van der Waals surface area contributed by atoms with Gasteiger partial charge in [-0.15, -0.1) is 0 Å². The molecule has 0 radical (unpaired) electrons. The number of carboxylic acids is 2. The van der Waals surface area contributed by atoms with Crippen molar-refractivity contribution in [3.8, 4) is 0 Å². The summed E-state index contributed by atoms with van der Waals surface area (Å²) in [5.41, 5.74) is 4.67. The van der Waals surface area contributed by atoms with Crippen LogP contribution in [0.3, 0.4) is 0 Å². The van der Waals surface area contributed by atoms with Crippen LogP contribution in [0.25, 0.3) is 0 Å². The molecular formula is C34H56N4O6. The predicted molar refractivity (Wildman–Crippen MR) is 169 cm³/mol. The van der Waals surface area contributed by atoms with Gasteiger partial charge in [0, 0.05) is 67.1 Å². The number of fused-ring (bicyclic) bond motifs is 8. The van der Waals surface area contributed by atoms with Crippen LogP contribution in [0, 0.1) is 23.7 Å². The van der Waals surface area contributed by atoms with E-state index in [0.717, 1.165) is 31.3 Å². The minimum atomic E-state index is -0.802. The fourth-order valence-corrected chi connectivity index (χ4v) is 10.00. The van der Waals surface area contributed by atoms with Crippen molar-refractivity contribution in [3.05, 3.63) is 22.3 Å². The number of aliphatic hydroxyl groups is 2. The van der Waals surface area contributed by atoms with Crippen molar-refractivity contribution in [3.63, 3.8) is 0 Å². The maximum Gasteiger partial charge on any atom is 0.303 e. The minimum absolute atomic E-state index is 0.0140. The zero-order valence-corrected chi connectivity index (χ0v) is 27.3. The lowest BCUT2D eigenvalue weighted by Crippen LogP contribution is -2.46. The van der Waals surface area contributed by atoms with Crippen molar-refractivity contribution < 1.29 is 30.0 Å². The predicted octanol–water partition coefficient (Wildman–Crippen LogP) is 2.55. The maximum atomic E-state index is 11.7. The molecule has 0 amide bonds. The first-order chi connectivity index (χ1) is 20.8. The van der Waals surface area contributed by atoms with Crippen molar-refractivity contribution in [2.75, 3.05) is 0 Å². The van der Waals surface area contributed by atoms with Crippen molar-refractivity contribution in [1.82, 2.24) is 21.3 Å². The molecule has 5 aliphatic heterocycles. The van der Waals surface area contributed by atoms with Crippen molar-refractivity contribution in [1.29, 1.82) is 0 Å². The highest BCUT2D eigenvalue weighted by molar-refractivity contribution is 5.67. The summed E-state index contributed by atoms with van der Waals surface area (Å²) in [5.74, 6) is -0.809. The van der Waals surface area contributed by atoms with Crippen molar-refractivity contribution >= 4 is 11.9 Å². The number of carbonyl (C=O) groups is 2. The summed E-state index contributed by atoms with van der Waals surface area (Å²) in [5, 5.41) is 56.7. The molecule has 0 aromatic heterocycles. The van der Waals surface area contributed by atoms with Crippen LogP contribution in [0.15, 0.2) is 22.3 Å². The summed E-state index contributed by atoms with van der Waals surface area (Å²) in [6.07, 6.45) is 3.54. The Morgan fingerprint density at radius 1 is 0.727 bits per heavy atom. The van der Waals surface area contributed by atoms with Gasteiger partial charge in [-0.3, -0.25) is 9.59 Å². The largest absolute Gasteiger partial charge is 0.481 e. The zero-order valence-electron chi connectivity index (χ0n) is 27.3. The Bertz CT molecular complexity index is 1150. The number of aliphatic carboxylic acids is 2. The van der Waals surface area contributed by atoms with Crippen molar-refractivity contribution in [2.24, 2.45) is 23.7 Å². The molecule has 10 heteroatoms. The Kier molecular flexibility index (Phi) is 10.3. The van der Waals surface area contributed by atoms with Crippen LogP contribution in [0.2, 0.25) is 0 Å². The lowest BCUT2D eigenvalue weighted by molar-refractivity contribution is -0.138. The summed E-state index contributed by atoms with van der Waals surface area (Å²) >= 11 is 0. The topological polar surface area (TPSA) is 163 Å². The van der Waals surface area contributed by atoms with Crippen LogP contribution in [0.1, 0.15) is 92.9 Å². The average molecular weight is 617 g/mol.